The summed E-state index contributed by atoms with van der Waals surface area (Å²) in [5.74, 6) is 0. The summed E-state index contributed by atoms with van der Waals surface area (Å²) < 4.78 is 1.96. The van der Waals surface area contributed by atoms with Crippen LogP contribution in [0, 0.1) is 0 Å². The molecule has 0 radical (unpaired) electrons. The Balaban J connectivity index is 2.02. The lowest BCUT2D eigenvalue weighted by Gasteiger charge is -2.20. The van der Waals surface area contributed by atoms with Crippen molar-refractivity contribution in [2.45, 2.75) is 38.8 Å². The Kier molecular flexibility index (Phi) is 3.61. The molecule has 0 aliphatic heterocycles. The lowest BCUT2D eigenvalue weighted by atomic mass is 10.3. The van der Waals surface area contributed by atoms with E-state index in [-0.39, 0.29) is 6.61 Å². The van der Waals surface area contributed by atoms with Crippen molar-refractivity contribution in [2.75, 3.05) is 13.2 Å². The van der Waals surface area contributed by atoms with Crippen LogP contribution in [-0.2, 0) is 20.0 Å². The van der Waals surface area contributed by atoms with Crippen LogP contribution >= 0.6 is 0 Å². The van der Waals surface area contributed by atoms with Crippen LogP contribution in [0.4, 0.5) is 0 Å². The maximum Gasteiger partial charge on any atom is 0.0625 e. The predicted molar refractivity (Wildman–Crippen MR) is 63.1 cm³/mol. The molecule has 0 aromatic carbocycles. The zero-order valence-corrected chi connectivity index (χ0v) is 10.2. The Labute approximate surface area is 96.9 Å². The Morgan fingerprint density at radius 2 is 2.31 bits per heavy atom. The Bertz CT molecular complexity index is 344. The molecule has 4 heteroatoms. The summed E-state index contributed by atoms with van der Waals surface area (Å²) >= 11 is 0. The molecule has 1 aliphatic carbocycles. The standard InChI is InChI=1S/C12H21N3O/c1-3-10-8-12(14(2)13-10)9-15(6-7-16)11-4-5-11/h8,11,16H,3-7,9H2,1-2H3. The van der Waals surface area contributed by atoms with Gasteiger partial charge in [-0.2, -0.15) is 5.10 Å². The van der Waals surface area contributed by atoms with E-state index in [1.807, 2.05) is 11.7 Å². The van der Waals surface area contributed by atoms with Crippen LogP contribution in [0.25, 0.3) is 0 Å². The second-order valence-electron chi connectivity index (χ2n) is 4.53. The molecule has 1 heterocycles. The molecule has 0 unspecified atom stereocenters. The fourth-order valence-electron chi connectivity index (χ4n) is 2.06. The van der Waals surface area contributed by atoms with E-state index in [9.17, 15) is 0 Å². The van der Waals surface area contributed by atoms with Crippen molar-refractivity contribution in [3.63, 3.8) is 0 Å². The highest BCUT2D eigenvalue weighted by Gasteiger charge is 2.29. The van der Waals surface area contributed by atoms with Crippen LogP contribution in [-0.4, -0.2) is 39.0 Å². The molecule has 1 aromatic heterocycles. The van der Waals surface area contributed by atoms with Crippen molar-refractivity contribution in [1.29, 1.82) is 0 Å². The first-order chi connectivity index (χ1) is 7.74. The first kappa shape index (κ1) is 11.6. The number of aliphatic hydroxyl groups is 1. The quantitative estimate of drug-likeness (QED) is 0.780. The SMILES string of the molecule is CCc1cc(CN(CCO)C2CC2)n(C)n1. The largest absolute Gasteiger partial charge is 0.395 e. The Hall–Kier alpha value is -0.870. The van der Waals surface area contributed by atoms with Crippen LogP contribution in [0.2, 0.25) is 0 Å². The van der Waals surface area contributed by atoms with Crippen molar-refractivity contribution in [1.82, 2.24) is 14.7 Å². The molecule has 1 saturated carbocycles. The number of nitrogens with zero attached hydrogens (tertiary/aromatic N) is 3. The molecule has 0 bridgehead atoms. The van der Waals surface area contributed by atoms with Gasteiger partial charge < -0.3 is 5.11 Å². The normalized spacial score (nSPS) is 16.0. The van der Waals surface area contributed by atoms with Gasteiger partial charge in [0.2, 0.25) is 0 Å². The van der Waals surface area contributed by atoms with Crippen LogP contribution in [0.15, 0.2) is 6.07 Å². The highest BCUT2D eigenvalue weighted by Crippen LogP contribution is 2.27. The topological polar surface area (TPSA) is 41.3 Å². The van der Waals surface area contributed by atoms with Gasteiger partial charge in [-0.1, -0.05) is 6.92 Å². The zero-order chi connectivity index (χ0) is 11.5. The number of rotatable bonds is 6. The zero-order valence-electron chi connectivity index (χ0n) is 10.2. The second kappa shape index (κ2) is 4.97. The third-order valence-electron chi connectivity index (χ3n) is 3.21. The minimum atomic E-state index is 0.245. The smallest absolute Gasteiger partial charge is 0.0625 e. The number of aryl methyl sites for hydroxylation is 2. The predicted octanol–water partition coefficient (Wildman–Crippen LogP) is 0.939. The molecule has 2 rings (SSSR count). The summed E-state index contributed by atoms with van der Waals surface area (Å²) in [5.41, 5.74) is 2.40. The average molecular weight is 223 g/mol. The first-order valence-corrected chi connectivity index (χ1v) is 6.11. The molecular formula is C12H21N3O. The van der Waals surface area contributed by atoms with E-state index in [0.717, 1.165) is 25.2 Å². The number of aliphatic hydroxyl groups excluding tert-OH is 1. The van der Waals surface area contributed by atoms with Gasteiger partial charge in [0.1, 0.15) is 0 Å². The Morgan fingerprint density at radius 3 is 2.81 bits per heavy atom. The molecule has 1 fully saturated rings. The van der Waals surface area contributed by atoms with Crippen molar-refractivity contribution in [3.05, 3.63) is 17.5 Å². The fraction of sp³-hybridized carbons (Fsp3) is 0.750. The van der Waals surface area contributed by atoms with Crippen molar-refractivity contribution in [3.8, 4) is 0 Å². The van der Waals surface area contributed by atoms with E-state index in [1.54, 1.807) is 0 Å². The molecule has 0 atom stereocenters. The van der Waals surface area contributed by atoms with E-state index in [0.29, 0.717) is 6.04 Å². The van der Waals surface area contributed by atoms with Crippen molar-refractivity contribution < 1.29 is 5.11 Å². The van der Waals surface area contributed by atoms with Gasteiger partial charge in [0.25, 0.3) is 0 Å². The van der Waals surface area contributed by atoms with Gasteiger partial charge in [-0.3, -0.25) is 9.58 Å². The van der Waals surface area contributed by atoms with Crippen LogP contribution in [0.1, 0.15) is 31.2 Å². The molecule has 1 aromatic rings. The molecule has 16 heavy (non-hydrogen) atoms. The summed E-state index contributed by atoms with van der Waals surface area (Å²) in [7, 11) is 2.00. The maximum absolute atomic E-state index is 9.05. The van der Waals surface area contributed by atoms with Gasteiger partial charge in [-0.25, -0.2) is 0 Å². The van der Waals surface area contributed by atoms with Gasteiger partial charge in [-0.15, -0.1) is 0 Å². The van der Waals surface area contributed by atoms with E-state index >= 15 is 0 Å². The lowest BCUT2D eigenvalue weighted by molar-refractivity contribution is 0.180. The average Bonchev–Trinajstić information content (AvgIpc) is 3.05. The molecule has 0 spiro atoms. The summed E-state index contributed by atoms with van der Waals surface area (Å²) in [6.45, 7) is 4.06. The van der Waals surface area contributed by atoms with Gasteiger partial charge in [0.15, 0.2) is 0 Å². The van der Waals surface area contributed by atoms with Gasteiger partial charge in [0, 0.05) is 26.2 Å². The van der Waals surface area contributed by atoms with Gasteiger partial charge >= 0.3 is 0 Å². The third-order valence-corrected chi connectivity index (χ3v) is 3.21. The van der Waals surface area contributed by atoms with E-state index in [1.165, 1.54) is 18.5 Å². The van der Waals surface area contributed by atoms with E-state index in [2.05, 4.69) is 23.0 Å². The minimum Gasteiger partial charge on any atom is -0.395 e. The molecule has 1 aliphatic rings. The lowest BCUT2D eigenvalue weighted by Crippen LogP contribution is -2.29. The highest BCUT2D eigenvalue weighted by atomic mass is 16.3. The number of aromatic nitrogens is 2. The minimum absolute atomic E-state index is 0.245. The van der Waals surface area contributed by atoms with Crippen LogP contribution in [0.3, 0.4) is 0 Å². The summed E-state index contributed by atoms with van der Waals surface area (Å²) in [6.07, 6.45) is 3.54. The maximum atomic E-state index is 9.05. The van der Waals surface area contributed by atoms with Crippen LogP contribution < -0.4 is 0 Å². The highest BCUT2D eigenvalue weighted by molar-refractivity contribution is 5.10. The third kappa shape index (κ3) is 2.62. The summed E-state index contributed by atoms with van der Waals surface area (Å²) in [5, 5.41) is 13.5. The van der Waals surface area contributed by atoms with E-state index < -0.39 is 0 Å². The first-order valence-electron chi connectivity index (χ1n) is 6.11. The second-order valence-corrected chi connectivity index (χ2v) is 4.53. The molecule has 0 amide bonds. The van der Waals surface area contributed by atoms with Crippen LogP contribution in [0.5, 0.6) is 0 Å². The van der Waals surface area contributed by atoms with E-state index in [4.69, 9.17) is 5.11 Å². The molecular weight excluding hydrogens is 202 g/mol. The summed E-state index contributed by atoms with van der Waals surface area (Å²) in [4.78, 5) is 2.36. The van der Waals surface area contributed by atoms with Gasteiger partial charge in [-0.05, 0) is 25.3 Å². The Morgan fingerprint density at radius 1 is 1.56 bits per heavy atom. The van der Waals surface area contributed by atoms with Crippen molar-refractivity contribution >= 4 is 0 Å². The fourth-order valence-corrected chi connectivity index (χ4v) is 2.06. The van der Waals surface area contributed by atoms with Gasteiger partial charge in [0.05, 0.1) is 18.0 Å². The molecule has 90 valence electrons. The molecule has 1 N–H and O–H groups in total. The molecule has 0 saturated heterocycles. The van der Waals surface area contributed by atoms with Crippen molar-refractivity contribution in [2.24, 2.45) is 7.05 Å². The monoisotopic (exact) mass is 223 g/mol. The number of hydrogen-bond donors (Lipinski definition) is 1. The summed E-state index contributed by atoms with van der Waals surface area (Å²) in [6, 6.07) is 2.86. The number of hydrogen-bond acceptors (Lipinski definition) is 3. The molecule has 4 nitrogen and oxygen atoms in total.